The lowest BCUT2D eigenvalue weighted by Gasteiger charge is -2.01. The quantitative estimate of drug-likeness (QED) is 0.562. The number of thiophene rings is 1. The van der Waals surface area contributed by atoms with Gasteiger partial charge in [-0.3, -0.25) is 0 Å². The molecule has 1 heterocycles. The average molecular weight is 211 g/mol. The van der Waals surface area contributed by atoms with Gasteiger partial charge in [-0.05, 0) is 12.1 Å². The van der Waals surface area contributed by atoms with Crippen molar-refractivity contribution in [3.05, 3.63) is 17.5 Å². The van der Waals surface area contributed by atoms with Crippen LogP contribution in [0.2, 0.25) is 0 Å². The highest BCUT2D eigenvalue weighted by atomic mass is 32.1. The van der Waals surface area contributed by atoms with Crippen molar-refractivity contribution >= 4 is 39.7 Å². The first-order chi connectivity index (χ1) is 6.24. The molecule has 2 rings (SSSR count). The number of hydrogen-bond acceptors (Lipinski definition) is 4. The van der Waals surface area contributed by atoms with Crippen LogP contribution >= 0.6 is 24.0 Å². The van der Waals surface area contributed by atoms with Gasteiger partial charge in [-0.15, -0.1) is 24.0 Å². The van der Waals surface area contributed by atoms with Crippen LogP contribution in [0.3, 0.4) is 0 Å². The van der Waals surface area contributed by atoms with Crippen molar-refractivity contribution < 1.29 is 4.74 Å². The predicted octanol–water partition coefficient (Wildman–Crippen LogP) is 2.78. The minimum Gasteiger partial charge on any atom is -0.495 e. The molecule has 0 fully saturated rings. The van der Waals surface area contributed by atoms with E-state index in [4.69, 9.17) is 10.5 Å². The van der Waals surface area contributed by atoms with Crippen molar-refractivity contribution in [3.8, 4) is 5.75 Å². The van der Waals surface area contributed by atoms with Gasteiger partial charge in [-0.25, -0.2) is 0 Å². The summed E-state index contributed by atoms with van der Waals surface area (Å²) in [5.74, 6) is 0.827. The van der Waals surface area contributed by atoms with Crippen LogP contribution in [-0.4, -0.2) is 7.11 Å². The molecule has 0 atom stereocenters. The molecule has 0 saturated carbocycles. The van der Waals surface area contributed by atoms with Gasteiger partial charge < -0.3 is 10.5 Å². The Bertz CT molecular complexity index is 450. The van der Waals surface area contributed by atoms with Gasteiger partial charge in [-0.2, -0.15) is 0 Å². The van der Waals surface area contributed by atoms with Crippen molar-refractivity contribution in [2.75, 3.05) is 12.8 Å². The van der Waals surface area contributed by atoms with Gasteiger partial charge in [0, 0.05) is 16.0 Å². The van der Waals surface area contributed by atoms with E-state index in [0.29, 0.717) is 0 Å². The first-order valence-electron chi connectivity index (χ1n) is 3.76. The zero-order valence-corrected chi connectivity index (χ0v) is 8.78. The molecule has 0 bridgehead atoms. The molecule has 1 aromatic carbocycles. The maximum atomic E-state index is 5.84. The highest BCUT2D eigenvalue weighted by Gasteiger charge is 2.09. The summed E-state index contributed by atoms with van der Waals surface area (Å²) in [4.78, 5) is 0.942. The lowest BCUT2D eigenvalue weighted by atomic mass is 10.2. The molecular weight excluding hydrogens is 202 g/mol. The van der Waals surface area contributed by atoms with Crippen LogP contribution in [-0.2, 0) is 0 Å². The molecule has 2 aromatic rings. The smallest absolute Gasteiger partial charge is 0.139 e. The summed E-state index contributed by atoms with van der Waals surface area (Å²) in [6, 6.07) is 3.75. The number of hydrogen-bond donors (Lipinski definition) is 2. The lowest BCUT2D eigenvalue weighted by Crippen LogP contribution is -1.87. The Hall–Kier alpha value is -0.870. The van der Waals surface area contributed by atoms with Crippen LogP contribution in [0.15, 0.2) is 22.4 Å². The van der Waals surface area contributed by atoms with Crippen molar-refractivity contribution in [1.29, 1.82) is 0 Å². The molecular formula is C9H9NOS2. The summed E-state index contributed by atoms with van der Waals surface area (Å²) in [6.07, 6.45) is 0. The van der Waals surface area contributed by atoms with Crippen LogP contribution in [0, 0.1) is 0 Å². The van der Waals surface area contributed by atoms with E-state index in [-0.39, 0.29) is 0 Å². The minimum absolute atomic E-state index is 0.742. The molecule has 1 aromatic heterocycles. The number of fused-ring (bicyclic) bond motifs is 1. The number of nitrogens with two attached hydrogens (primary N) is 1. The van der Waals surface area contributed by atoms with E-state index in [0.717, 1.165) is 26.4 Å². The van der Waals surface area contributed by atoms with E-state index in [1.807, 2.05) is 17.5 Å². The van der Waals surface area contributed by atoms with Crippen LogP contribution in [0.25, 0.3) is 10.1 Å². The summed E-state index contributed by atoms with van der Waals surface area (Å²) in [5, 5.41) is 2.92. The fourth-order valence-electron chi connectivity index (χ4n) is 1.28. The first-order valence-corrected chi connectivity index (χ1v) is 5.09. The number of benzene rings is 1. The Morgan fingerprint density at radius 2 is 2.23 bits per heavy atom. The molecule has 13 heavy (non-hydrogen) atoms. The Kier molecular flexibility index (Phi) is 2.09. The van der Waals surface area contributed by atoms with Gasteiger partial charge in [0.05, 0.1) is 17.2 Å². The second-order valence-corrected chi connectivity index (χ2v) is 4.04. The monoisotopic (exact) mass is 211 g/mol. The van der Waals surface area contributed by atoms with Crippen LogP contribution in [0.4, 0.5) is 5.69 Å². The summed E-state index contributed by atoms with van der Waals surface area (Å²) in [6.45, 7) is 0. The van der Waals surface area contributed by atoms with E-state index in [9.17, 15) is 0 Å². The third-order valence-electron chi connectivity index (χ3n) is 1.92. The van der Waals surface area contributed by atoms with Crippen LogP contribution in [0.5, 0.6) is 5.75 Å². The molecule has 2 nitrogen and oxygen atoms in total. The van der Waals surface area contributed by atoms with Gasteiger partial charge >= 0.3 is 0 Å². The Balaban J connectivity index is 2.87. The number of thiol groups is 1. The number of methoxy groups -OCH3 is 1. The molecule has 0 unspecified atom stereocenters. The van der Waals surface area contributed by atoms with E-state index < -0.39 is 0 Å². The normalized spacial score (nSPS) is 10.6. The third kappa shape index (κ3) is 1.26. The van der Waals surface area contributed by atoms with Gasteiger partial charge in [-0.1, -0.05) is 0 Å². The molecule has 0 radical (unpaired) electrons. The molecule has 4 heteroatoms. The molecule has 0 aliphatic rings. The van der Waals surface area contributed by atoms with Crippen molar-refractivity contribution in [1.82, 2.24) is 0 Å². The van der Waals surface area contributed by atoms with Gasteiger partial charge in [0.25, 0.3) is 0 Å². The number of ether oxygens (including phenoxy) is 1. The molecule has 0 amide bonds. The second-order valence-electron chi connectivity index (χ2n) is 2.68. The average Bonchev–Trinajstić information content (AvgIpc) is 2.56. The van der Waals surface area contributed by atoms with E-state index >= 15 is 0 Å². The third-order valence-corrected chi connectivity index (χ3v) is 3.43. The first kappa shape index (κ1) is 8.72. The maximum absolute atomic E-state index is 5.84. The lowest BCUT2D eigenvalue weighted by molar-refractivity contribution is 0.421. The van der Waals surface area contributed by atoms with E-state index in [1.165, 1.54) is 0 Å². The molecule has 68 valence electrons. The zero-order chi connectivity index (χ0) is 9.42. The zero-order valence-electron chi connectivity index (χ0n) is 7.07. The van der Waals surface area contributed by atoms with E-state index in [1.54, 1.807) is 18.4 Å². The summed E-state index contributed by atoms with van der Waals surface area (Å²) in [7, 11) is 1.64. The second kappa shape index (κ2) is 3.12. The molecule has 2 N–H and O–H groups in total. The minimum atomic E-state index is 0.742. The van der Waals surface area contributed by atoms with Crippen LogP contribution < -0.4 is 10.5 Å². The standard InChI is InChI=1S/C9H9NOS2/c1-11-6-4-13-9-7(12)3-2-5(10)8(6)9/h2-4,12H,10H2,1H3. The molecule has 0 spiro atoms. The van der Waals surface area contributed by atoms with Crippen molar-refractivity contribution in [2.24, 2.45) is 0 Å². The van der Waals surface area contributed by atoms with Crippen LogP contribution in [0.1, 0.15) is 0 Å². The van der Waals surface area contributed by atoms with Gasteiger partial charge in [0.15, 0.2) is 0 Å². The van der Waals surface area contributed by atoms with Gasteiger partial charge in [0.2, 0.25) is 0 Å². The fourth-order valence-corrected chi connectivity index (χ4v) is 2.59. The number of anilines is 1. The summed E-state index contributed by atoms with van der Waals surface area (Å²) >= 11 is 5.95. The fraction of sp³-hybridized carbons (Fsp3) is 0.111. The molecule has 0 saturated heterocycles. The van der Waals surface area contributed by atoms with Gasteiger partial charge in [0.1, 0.15) is 5.75 Å². The highest BCUT2D eigenvalue weighted by Crippen LogP contribution is 2.39. The van der Waals surface area contributed by atoms with Crippen molar-refractivity contribution in [3.63, 3.8) is 0 Å². The Labute approximate surface area is 85.7 Å². The Morgan fingerprint density at radius 1 is 1.46 bits per heavy atom. The van der Waals surface area contributed by atoms with E-state index in [2.05, 4.69) is 12.6 Å². The van der Waals surface area contributed by atoms with Crippen molar-refractivity contribution in [2.45, 2.75) is 4.90 Å². The topological polar surface area (TPSA) is 35.2 Å². The molecule has 0 aliphatic carbocycles. The molecule has 0 aliphatic heterocycles. The number of nitrogen functional groups attached to an aromatic ring is 1. The number of rotatable bonds is 1. The summed E-state index contributed by atoms with van der Waals surface area (Å²) in [5.41, 5.74) is 6.58. The maximum Gasteiger partial charge on any atom is 0.139 e. The highest BCUT2D eigenvalue weighted by molar-refractivity contribution is 7.80. The summed E-state index contributed by atoms with van der Waals surface area (Å²) < 4.78 is 6.28. The predicted molar refractivity (Wildman–Crippen MR) is 60.0 cm³/mol. The SMILES string of the molecule is COc1csc2c(S)ccc(N)c12. The Morgan fingerprint density at radius 3 is 2.92 bits per heavy atom. The largest absolute Gasteiger partial charge is 0.495 e.